The summed E-state index contributed by atoms with van der Waals surface area (Å²) in [6, 6.07) is 8.36. The van der Waals surface area contributed by atoms with Crippen molar-refractivity contribution in [1.82, 2.24) is 4.90 Å². The zero-order chi connectivity index (χ0) is 21.8. The predicted molar refractivity (Wildman–Crippen MR) is 105 cm³/mol. The van der Waals surface area contributed by atoms with Crippen LogP contribution in [0.2, 0.25) is 0 Å². The molecule has 4 atom stereocenters. The number of aliphatic hydroxyl groups is 1. The van der Waals surface area contributed by atoms with E-state index in [1.807, 2.05) is 30.3 Å². The fourth-order valence-electron chi connectivity index (χ4n) is 3.93. The highest BCUT2D eigenvalue weighted by molar-refractivity contribution is 5.77. The number of carbonyl (C=O) groups is 2. The Labute approximate surface area is 171 Å². The lowest BCUT2D eigenvalue weighted by atomic mass is 9.86. The highest BCUT2D eigenvalue weighted by Crippen LogP contribution is 2.39. The first-order valence-corrected chi connectivity index (χ1v) is 9.65. The molecule has 0 bridgehead atoms. The Morgan fingerprint density at radius 2 is 1.90 bits per heavy atom. The first-order valence-electron chi connectivity index (χ1n) is 9.65. The van der Waals surface area contributed by atoms with Crippen LogP contribution in [0.4, 0.5) is 4.79 Å². The van der Waals surface area contributed by atoms with Gasteiger partial charge in [0.1, 0.15) is 17.9 Å². The summed E-state index contributed by atoms with van der Waals surface area (Å²) in [5, 5.41) is 11.3. The van der Waals surface area contributed by atoms with Crippen molar-refractivity contribution in [2.45, 2.75) is 70.8 Å². The maximum Gasteiger partial charge on any atom is 0.412 e. The van der Waals surface area contributed by atoms with E-state index in [9.17, 15) is 14.7 Å². The van der Waals surface area contributed by atoms with Gasteiger partial charge in [0, 0.05) is 7.11 Å². The molecule has 1 aliphatic heterocycles. The molecule has 162 valence electrons. The number of methoxy groups -OCH3 is 1. The second kappa shape index (κ2) is 9.11. The number of amides is 1. The second-order valence-electron chi connectivity index (χ2n) is 7.72. The van der Waals surface area contributed by atoms with Crippen molar-refractivity contribution in [3.63, 3.8) is 0 Å². The van der Waals surface area contributed by atoms with Crippen molar-refractivity contribution < 1.29 is 33.6 Å². The van der Waals surface area contributed by atoms with Gasteiger partial charge in [0.15, 0.2) is 6.10 Å². The number of hydrogen-bond acceptors (Lipinski definition) is 7. The van der Waals surface area contributed by atoms with E-state index >= 15 is 0 Å². The van der Waals surface area contributed by atoms with Crippen LogP contribution in [0, 0.1) is 0 Å². The van der Waals surface area contributed by atoms with Crippen molar-refractivity contribution in [2.75, 3.05) is 13.7 Å². The van der Waals surface area contributed by atoms with E-state index in [1.165, 1.54) is 18.9 Å². The highest BCUT2D eigenvalue weighted by atomic mass is 16.6. The minimum Gasteiger partial charge on any atom is -0.464 e. The quantitative estimate of drug-likeness (QED) is 0.691. The molecule has 1 aromatic rings. The Bertz CT molecular complexity index is 704. The molecule has 0 aliphatic carbocycles. The second-order valence-corrected chi connectivity index (χ2v) is 7.72. The number of rotatable bonds is 7. The van der Waals surface area contributed by atoms with Gasteiger partial charge < -0.3 is 24.1 Å². The number of nitrogens with zero attached hydrogens (tertiary/aromatic N) is 1. The van der Waals surface area contributed by atoms with Crippen LogP contribution in [0.1, 0.15) is 40.2 Å². The summed E-state index contributed by atoms with van der Waals surface area (Å²) in [6.07, 6.45) is -2.56. The Hall–Kier alpha value is -2.16. The van der Waals surface area contributed by atoms with Gasteiger partial charge >= 0.3 is 12.1 Å². The van der Waals surface area contributed by atoms with E-state index in [2.05, 4.69) is 0 Å². The van der Waals surface area contributed by atoms with Gasteiger partial charge in [-0.25, -0.2) is 9.59 Å². The number of benzene rings is 1. The minimum atomic E-state index is -1.79. The van der Waals surface area contributed by atoms with Crippen LogP contribution < -0.4 is 0 Å². The highest BCUT2D eigenvalue weighted by Gasteiger charge is 2.59. The summed E-state index contributed by atoms with van der Waals surface area (Å²) in [5.74, 6) is -0.713. The lowest BCUT2D eigenvalue weighted by Gasteiger charge is -2.42. The van der Waals surface area contributed by atoms with Gasteiger partial charge in [-0.05, 0) is 40.2 Å². The number of esters is 1. The van der Waals surface area contributed by atoms with Gasteiger partial charge in [-0.3, -0.25) is 4.90 Å². The molecule has 2 rings (SSSR count). The van der Waals surface area contributed by atoms with E-state index in [0.717, 1.165) is 5.56 Å². The molecule has 0 spiro atoms. The van der Waals surface area contributed by atoms with Gasteiger partial charge in [-0.15, -0.1) is 0 Å². The smallest absolute Gasteiger partial charge is 0.412 e. The Kier molecular flexibility index (Phi) is 7.26. The molecule has 8 nitrogen and oxygen atoms in total. The van der Waals surface area contributed by atoms with Crippen molar-refractivity contribution in [2.24, 2.45) is 0 Å². The molecule has 29 heavy (non-hydrogen) atoms. The summed E-state index contributed by atoms with van der Waals surface area (Å²) in [6.45, 7) is 8.44. The molecule has 1 heterocycles. The molecule has 1 fully saturated rings. The summed E-state index contributed by atoms with van der Waals surface area (Å²) >= 11 is 0. The third-order valence-corrected chi connectivity index (χ3v) is 5.05. The summed E-state index contributed by atoms with van der Waals surface area (Å²) < 4.78 is 21.7. The van der Waals surface area contributed by atoms with E-state index in [0.29, 0.717) is 0 Å². The fourth-order valence-corrected chi connectivity index (χ4v) is 3.93. The number of carbonyl (C=O) groups excluding carboxylic acids is 2. The van der Waals surface area contributed by atoms with Crippen molar-refractivity contribution in [3.05, 3.63) is 35.9 Å². The molecule has 1 amide bonds. The largest absolute Gasteiger partial charge is 0.464 e. The van der Waals surface area contributed by atoms with Crippen LogP contribution in [-0.2, 0) is 30.3 Å². The first-order chi connectivity index (χ1) is 13.6. The van der Waals surface area contributed by atoms with Crippen LogP contribution in [0.3, 0.4) is 0 Å². The fraction of sp³-hybridized carbons (Fsp3) is 0.619. The van der Waals surface area contributed by atoms with E-state index < -0.39 is 41.6 Å². The Morgan fingerprint density at radius 1 is 1.28 bits per heavy atom. The average molecular weight is 409 g/mol. The average Bonchev–Trinajstić information content (AvgIpc) is 2.90. The summed E-state index contributed by atoms with van der Waals surface area (Å²) in [4.78, 5) is 26.7. The molecule has 8 heteroatoms. The molecule has 0 aromatic heterocycles. The third kappa shape index (κ3) is 4.88. The van der Waals surface area contributed by atoms with Crippen LogP contribution in [0.5, 0.6) is 0 Å². The molecule has 1 N–H and O–H groups in total. The molecule has 1 aromatic carbocycles. The standard InChI is InChI=1S/C21H31NO7/c1-7-27-18(23)17(26-6)21(5,25)16-14(2)29-20(3,4)22(16)19(24)28-13-15-11-9-8-10-12-15/h8-12,14,16-17,25H,7,13H2,1-6H3/t14-,16+,17+,21+/m0/s1. The monoisotopic (exact) mass is 409 g/mol. The minimum absolute atomic E-state index is 0.0705. The molecule has 1 aliphatic rings. The molecular weight excluding hydrogens is 378 g/mol. The predicted octanol–water partition coefficient (Wildman–Crippen LogP) is 2.48. The van der Waals surface area contributed by atoms with E-state index in [4.69, 9.17) is 18.9 Å². The van der Waals surface area contributed by atoms with Crippen molar-refractivity contribution >= 4 is 12.1 Å². The van der Waals surface area contributed by atoms with Crippen LogP contribution in [0.25, 0.3) is 0 Å². The SMILES string of the molecule is CCOC(=O)[C@@H](OC)[C@](C)(O)[C@H]1[C@H](C)OC(C)(C)N1C(=O)OCc1ccccc1. The van der Waals surface area contributed by atoms with Gasteiger partial charge in [0.2, 0.25) is 0 Å². The van der Waals surface area contributed by atoms with Crippen LogP contribution >= 0.6 is 0 Å². The lowest BCUT2D eigenvalue weighted by molar-refractivity contribution is -0.180. The normalized spacial score (nSPS) is 23.9. The molecule has 1 saturated heterocycles. The summed E-state index contributed by atoms with van der Waals surface area (Å²) in [7, 11) is 1.31. The van der Waals surface area contributed by atoms with Gasteiger partial charge in [-0.2, -0.15) is 0 Å². The molecular formula is C21H31NO7. The molecule has 0 unspecified atom stereocenters. The summed E-state index contributed by atoms with van der Waals surface area (Å²) in [5.41, 5.74) is -2.02. The maximum atomic E-state index is 13.0. The van der Waals surface area contributed by atoms with E-state index in [1.54, 1.807) is 27.7 Å². The zero-order valence-corrected chi connectivity index (χ0v) is 17.9. The van der Waals surface area contributed by atoms with Crippen molar-refractivity contribution in [3.8, 4) is 0 Å². The van der Waals surface area contributed by atoms with Crippen LogP contribution in [-0.4, -0.2) is 65.4 Å². The van der Waals surface area contributed by atoms with Gasteiger partial charge in [0.05, 0.1) is 18.8 Å². The van der Waals surface area contributed by atoms with E-state index in [-0.39, 0.29) is 13.2 Å². The van der Waals surface area contributed by atoms with Crippen LogP contribution in [0.15, 0.2) is 30.3 Å². The number of ether oxygens (including phenoxy) is 4. The third-order valence-electron chi connectivity index (χ3n) is 5.05. The lowest BCUT2D eigenvalue weighted by Crippen LogP contribution is -2.64. The van der Waals surface area contributed by atoms with Gasteiger partial charge in [0.25, 0.3) is 0 Å². The van der Waals surface area contributed by atoms with Gasteiger partial charge in [-0.1, -0.05) is 30.3 Å². The molecule has 0 radical (unpaired) electrons. The Morgan fingerprint density at radius 3 is 2.45 bits per heavy atom. The first kappa shape index (κ1) is 23.1. The number of hydrogen-bond donors (Lipinski definition) is 1. The topological polar surface area (TPSA) is 94.5 Å². The van der Waals surface area contributed by atoms with Crippen molar-refractivity contribution in [1.29, 1.82) is 0 Å². The molecule has 0 saturated carbocycles. The zero-order valence-electron chi connectivity index (χ0n) is 17.9. The Balaban J connectivity index is 2.29. The maximum absolute atomic E-state index is 13.0.